The molecule has 0 aromatic rings. The van der Waals surface area contributed by atoms with Gasteiger partial charge in [-0.05, 0) is 25.7 Å². The summed E-state index contributed by atoms with van der Waals surface area (Å²) >= 11 is 0. The van der Waals surface area contributed by atoms with E-state index in [2.05, 4.69) is 11.3 Å². The largest absolute Gasteiger partial charge is 2.00 e. The normalized spacial score (nSPS) is 9.63. The molecule has 0 saturated heterocycles. The van der Waals surface area contributed by atoms with E-state index in [1.54, 1.807) is 0 Å². The maximum Gasteiger partial charge on any atom is 2.00 e. The van der Waals surface area contributed by atoms with Crippen molar-refractivity contribution < 1.29 is 49.8 Å². The van der Waals surface area contributed by atoms with E-state index in [9.17, 15) is 24.6 Å². The van der Waals surface area contributed by atoms with Crippen LogP contribution >= 0.6 is 0 Å². The summed E-state index contributed by atoms with van der Waals surface area (Å²) in [4.78, 5) is 29.9. The number of carbonyl (C=O) groups excluding carboxylic acids is 3. The summed E-state index contributed by atoms with van der Waals surface area (Å²) in [5.74, 6) is -2.39. The van der Waals surface area contributed by atoms with Gasteiger partial charge in [-0.1, -0.05) is 32.3 Å². The minimum Gasteiger partial charge on any atom is -0.550 e. The van der Waals surface area contributed by atoms with Gasteiger partial charge in [0, 0.05) is 18.0 Å². The molecule has 0 aromatic carbocycles. The number of unbranched alkanes of at least 4 members (excludes halogenated alkanes) is 5. The number of ether oxygens (including phenoxy) is 1. The first kappa shape index (κ1) is 36.6. The smallest absolute Gasteiger partial charge is 0.550 e. The van der Waals surface area contributed by atoms with Gasteiger partial charge >= 0.3 is 43.7 Å². The summed E-state index contributed by atoms with van der Waals surface area (Å²) < 4.78 is 4.14. The predicted molar refractivity (Wildman–Crippen MR) is 106 cm³/mol. The first-order valence-electron chi connectivity index (χ1n) is 9.22. The molecule has 0 aliphatic carbocycles. The SMILES string of the molecule is C=CC(=O)OC.O=C([O-])CCCCCCCCC(=O)[O-].OCC(CO)(CO)CO.[Ca+2]. The minimum absolute atomic E-state index is 0. The molecule has 0 atom stereocenters. The number of carboxylic acids is 2. The number of hydrogen-bond donors (Lipinski definition) is 4. The van der Waals surface area contributed by atoms with Crippen LogP contribution < -0.4 is 10.2 Å². The van der Waals surface area contributed by atoms with Crippen LogP contribution in [-0.2, 0) is 19.1 Å². The van der Waals surface area contributed by atoms with Crippen molar-refractivity contribution in [2.75, 3.05) is 33.5 Å². The molecule has 0 aliphatic heterocycles. The van der Waals surface area contributed by atoms with Crippen LogP contribution in [0.25, 0.3) is 0 Å². The molecule has 0 aromatic heterocycles. The topological polar surface area (TPSA) is 187 Å². The maximum absolute atomic E-state index is 10.0. The van der Waals surface area contributed by atoms with E-state index < -0.39 is 49.8 Å². The van der Waals surface area contributed by atoms with Gasteiger partial charge in [-0.3, -0.25) is 0 Å². The monoisotopic (exact) mass is 462 g/mol. The molecule has 0 rings (SSSR count). The van der Waals surface area contributed by atoms with Crippen LogP contribution in [0.1, 0.15) is 51.4 Å². The molecule has 0 unspecified atom stereocenters. The van der Waals surface area contributed by atoms with E-state index in [0.717, 1.165) is 31.8 Å². The number of aliphatic hydroxyl groups is 4. The number of esters is 1. The van der Waals surface area contributed by atoms with Gasteiger partial charge in [0.05, 0.1) is 39.0 Å². The summed E-state index contributed by atoms with van der Waals surface area (Å²) in [6, 6.07) is 0. The Bertz CT molecular complexity index is 402. The van der Waals surface area contributed by atoms with Gasteiger partial charge < -0.3 is 45.0 Å². The van der Waals surface area contributed by atoms with Crippen molar-refractivity contribution in [3.8, 4) is 0 Å². The third-order valence-electron chi connectivity index (χ3n) is 3.72. The van der Waals surface area contributed by atoms with Crippen molar-refractivity contribution in [3.05, 3.63) is 12.7 Å². The van der Waals surface area contributed by atoms with Crippen LogP contribution in [0.3, 0.4) is 0 Å². The van der Waals surface area contributed by atoms with Gasteiger partial charge in [0.2, 0.25) is 0 Å². The summed E-state index contributed by atoms with van der Waals surface area (Å²) in [5, 5.41) is 54.0. The van der Waals surface area contributed by atoms with Gasteiger partial charge in [-0.25, -0.2) is 4.79 Å². The van der Waals surface area contributed by atoms with Crippen LogP contribution in [0.2, 0.25) is 0 Å². The second-order valence-electron chi connectivity index (χ2n) is 6.23. The Morgan fingerprint density at radius 3 is 1.23 bits per heavy atom. The number of hydrogen-bond acceptors (Lipinski definition) is 10. The van der Waals surface area contributed by atoms with Crippen molar-refractivity contribution in [2.45, 2.75) is 51.4 Å². The van der Waals surface area contributed by atoms with E-state index in [4.69, 9.17) is 20.4 Å². The van der Waals surface area contributed by atoms with Gasteiger partial charge in [-0.2, -0.15) is 0 Å². The molecule has 172 valence electrons. The van der Waals surface area contributed by atoms with Crippen LogP contribution in [0.15, 0.2) is 12.7 Å². The van der Waals surface area contributed by atoms with E-state index in [-0.39, 0.29) is 50.6 Å². The second-order valence-corrected chi connectivity index (χ2v) is 6.23. The summed E-state index contributed by atoms with van der Waals surface area (Å²) in [7, 11) is 1.31. The molecule has 0 saturated carbocycles. The first-order valence-corrected chi connectivity index (χ1v) is 9.22. The third-order valence-corrected chi connectivity index (χ3v) is 3.72. The number of methoxy groups -OCH3 is 1. The molecule has 0 radical (unpaired) electrons. The van der Waals surface area contributed by atoms with Crippen molar-refractivity contribution in [1.82, 2.24) is 0 Å². The zero-order chi connectivity index (χ0) is 23.1. The summed E-state index contributed by atoms with van der Waals surface area (Å²) in [5.41, 5.74) is -1.11. The fourth-order valence-corrected chi connectivity index (χ4v) is 1.63. The van der Waals surface area contributed by atoms with Gasteiger partial charge in [0.15, 0.2) is 0 Å². The molecule has 0 spiro atoms. The molecule has 10 nitrogen and oxygen atoms in total. The van der Waals surface area contributed by atoms with Crippen molar-refractivity contribution in [2.24, 2.45) is 5.41 Å². The average molecular weight is 463 g/mol. The molecule has 30 heavy (non-hydrogen) atoms. The number of aliphatic carboxylic acids is 2. The molecule has 0 heterocycles. The Kier molecular flexibility index (Phi) is 32.1. The number of carbonyl (C=O) groups is 3. The zero-order valence-corrected chi connectivity index (χ0v) is 19.9. The molecule has 11 heteroatoms. The van der Waals surface area contributed by atoms with E-state index in [1.807, 2.05) is 0 Å². The summed E-state index contributed by atoms with van der Waals surface area (Å²) in [6.07, 6.45) is 6.34. The standard InChI is InChI=1S/C10H18O4.C5H12O4.C4H6O2.Ca/c11-9(12)7-5-3-1-2-4-6-8-10(13)14;6-1-5(2-7,3-8)4-9;1-3-4(5)6-2;/h1-8H2,(H,11,12)(H,13,14);6-9H,1-4H2;3H,1H2,2H3;/q;;;+2/p-2. The molecular formula is C19H34CaO10. The van der Waals surface area contributed by atoms with Crippen LogP contribution in [0.4, 0.5) is 0 Å². The van der Waals surface area contributed by atoms with E-state index in [1.165, 1.54) is 7.11 Å². The van der Waals surface area contributed by atoms with Crippen molar-refractivity contribution >= 4 is 55.6 Å². The Morgan fingerprint density at radius 2 is 1.10 bits per heavy atom. The Balaban J connectivity index is -0.000000182. The Morgan fingerprint density at radius 1 is 0.800 bits per heavy atom. The molecule has 0 fully saturated rings. The van der Waals surface area contributed by atoms with Gasteiger partial charge in [0.1, 0.15) is 0 Å². The van der Waals surface area contributed by atoms with Crippen LogP contribution in [0, 0.1) is 5.41 Å². The Labute approximate surface area is 207 Å². The summed E-state index contributed by atoms with van der Waals surface area (Å²) in [6.45, 7) is 1.53. The van der Waals surface area contributed by atoms with Gasteiger partial charge in [0.25, 0.3) is 0 Å². The average Bonchev–Trinajstić information content (AvgIpc) is 2.72. The van der Waals surface area contributed by atoms with E-state index in [0.29, 0.717) is 12.8 Å². The number of carboxylic acid groups (broad SMARTS) is 2. The molecule has 0 amide bonds. The molecular weight excluding hydrogens is 428 g/mol. The second kappa shape index (κ2) is 26.3. The Hall–Kier alpha value is -0.750. The predicted octanol–water partition coefficient (Wildman–Crippen LogP) is -2.49. The minimum atomic E-state index is -1.11. The first-order chi connectivity index (χ1) is 13.7. The fraction of sp³-hybridized carbons (Fsp3) is 0.737. The van der Waals surface area contributed by atoms with E-state index >= 15 is 0 Å². The third kappa shape index (κ3) is 27.2. The quantitative estimate of drug-likeness (QED) is 0.0931. The molecule has 4 N–H and O–H groups in total. The number of aliphatic hydroxyl groups excluding tert-OH is 4. The van der Waals surface area contributed by atoms with Crippen LogP contribution in [-0.4, -0.2) is 110 Å². The number of rotatable bonds is 14. The van der Waals surface area contributed by atoms with Crippen molar-refractivity contribution in [1.29, 1.82) is 0 Å². The fourth-order valence-electron chi connectivity index (χ4n) is 1.63. The van der Waals surface area contributed by atoms with Gasteiger partial charge in [-0.15, -0.1) is 0 Å². The molecule has 0 aliphatic rings. The maximum atomic E-state index is 10.0. The van der Waals surface area contributed by atoms with Crippen LogP contribution in [0.5, 0.6) is 0 Å². The van der Waals surface area contributed by atoms with Crippen molar-refractivity contribution in [3.63, 3.8) is 0 Å². The molecule has 0 bridgehead atoms. The zero-order valence-electron chi connectivity index (χ0n) is 17.7.